The minimum absolute atomic E-state index is 0.792. The molecule has 1 aromatic carbocycles. The summed E-state index contributed by atoms with van der Waals surface area (Å²) in [7, 11) is 0. The van der Waals surface area contributed by atoms with E-state index in [0.29, 0.717) is 0 Å². The standard InChI is InChI=1S/C18H26N2O/c1-2-11-19-12-5-3-4-6-14-21-17-10-9-16-8-7-13-20-18(16)15-17/h7-10,13,15,19H,2-6,11-12,14H2,1H3. The second-order valence-electron chi connectivity index (χ2n) is 5.37. The molecule has 21 heavy (non-hydrogen) atoms. The van der Waals surface area contributed by atoms with Crippen LogP contribution in [-0.2, 0) is 0 Å². The molecule has 0 aliphatic carbocycles. The van der Waals surface area contributed by atoms with Crippen LogP contribution >= 0.6 is 0 Å². The van der Waals surface area contributed by atoms with Crippen LogP contribution in [0.4, 0.5) is 0 Å². The molecule has 1 heterocycles. The second-order valence-corrected chi connectivity index (χ2v) is 5.37. The van der Waals surface area contributed by atoms with Gasteiger partial charge in [-0.3, -0.25) is 4.98 Å². The number of ether oxygens (including phenoxy) is 1. The maximum absolute atomic E-state index is 5.80. The Morgan fingerprint density at radius 1 is 1.05 bits per heavy atom. The van der Waals surface area contributed by atoms with Crippen LogP contribution in [0.3, 0.4) is 0 Å². The van der Waals surface area contributed by atoms with Crippen LogP contribution in [-0.4, -0.2) is 24.7 Å². The molecule has 0 amide bonds. The Morgan fingerprint density at radius 3 is 2.86 bits per heavy atom. The van der Waals surface area contributed by atoms with Crippen molar-refractivity contribution >= 4 is 10.9 Å². The zero-order valence-corrected chi connectivity index (χ0v) is 13.0. The largest absolute Gasteiger partial charge is 0.494 e. The third-order valence-corrected chi connectivity index (χ3v) is 3.52. The van der Waals surface area contributed by atoms with Gasteiger partial charge in [0.25, 0.3) is 0 Å². The van der Waals surface area contributed by atoms with E-state index in [1.165, 1.54) is 25.7 Å². The van der Waals surface area contributed by atoms with Gasteiger partial charge >= 0.3 is 0 Å². The highest BCUT2D eigenvalue weighted by molar-refractivity contribution is 5.79. The van der Waals surface area contributed by atoms with Gasteiger partial charge in [0.1, 0.15) is 5.75 Å². The summed E-state index contributed by atoms with van der Waals surface area (Å²) >= 11 is 0. The van der Waals surface area contributed by atoms with Crippen molar-refractivity contribution in [1.82, 2.24) is 10.3 Å². The van der Waals surface area contributed by atoms with Crippen LogP contribution in [0.1, 0.15) is 39.0 Å². The summed E-state index contributed by atoms with van der Waals surface area (Å²) in [5.74, 6) is 0.922. The maximum atomic E-state index is 5.80. The van der Waals surface area contributed by atoms with Gasteiger partial charge in [-0.15, -0.1) is 0 Å². The average molecular weight is 286 g/mol. The summed E-state index contributed by atoms with van der Waals surface area (Å²) in [6.07, 6.45) is 7.93. The van der Waals surface area contributed by atoms with E-state index in [-0.39, 0.29) is 0 Å². The number of unbranched alkanes of at least 4 members (excludes halogenated alkanes) is 3. The number of nitrogens with one attached hydrogen (secondary N) is 1. The quantitative estimate of drug-likeness (QED) is 0.665. The zero-order valence-electron chi connectivity index (χ0n) is 13.0. The molecule has 0 radical (unpaired) electrons. The van der Waals surface area contributed by atoms with Crippen LogP contribution in [0, 0.1) is 0 Å². The first kappa shape index (κ1) is 15.8. The molecule has 0 aliphatic heterocycles. The Kier molecular flexibility index (Phi) is 7.02. The monoisotopic (exact) mass is 286 g/mol. The lowest BCUT2D eigenvalue weighted by molar-refractivity contribution is 0.305. The molecule has 0 fully saturated rings. The Balaban J connectivity index is 1.59. The minimum atomic E-state index is 0.792. The molecule has 0 atom stereocenters. The molecule has 0 saturated heterocycles. The Labute approximate surface area is 127 Å². The molecular weight excluding hydrogens is 260 g/mol. The molecule has 2 rings (SSSR count). The third-order valence-electron chi connectivity index (χ3n) is 3.52. The molecule has 0 bridgehead atoms. The summed E-state index contributed by atoms with van der Waals surface area (Å²) < 4.78 is 5.80. The number of hydrogen-bond donors (Lipinski definition) is 1. The first-order chi connectivity index (χ1) is 10.4. The predicted molar refractivity (Wildman–Crippen MR) is 88.9 cm³/mol. The molecule has 0 aliphatic rings. The number of rotatable bonds is 10. The van der Waals surface area contributed by atoms with E-state index in [2.05, 4.69) is 29.4 Å². The van der Waals surface area contributed by atoms with E-state index in [1.54, 1.807) is 0 Å². The van der Waals surface area contributed by atoms with Crippen molar-refractivity contribution in [3.8, 4) is 5.75 Å². The smallest absolute Gasteiger partial charge is 0.121 e. The molecule has 2 aromatic rings. The highest BCUT2D eigenvalue weighted by Crippen LogP contribution is 2.19. The molecule has 3 nitrogen and oxygen atoms in total. The molecule has 114 valence electrons. The first-order valence-electron chi connectivity index (χ1n) is 8.08. The number of nitrogens with zero attached hydrogens (tertiary/aromatic N) is 1. The van der Waals surface area contributed by atoms with Gasteiger partial charge in [-0.1, -0.05) is 25.8 Å². The lowest BCUT2D eigenvalue weighted by Gasteiger charge is -2.07. The van der Waals surface area contributed by atoms with Crippen molar-refractivity contribution in [2.45, 2.75) is 39.0 Å². The van der Waals surface area contributed by atoms with Gasteiger partial charge < -0.3 is 10.1 Å². The third kappa shape index (κ3) is 5.72. The van der Waals surface area contributed by atoms with Crippen molar-refractivity contribution in [1.29, 1.82) is 0 Å². The number of fused-ring (bicyclic) bond motifs is 1. The zero-order chi connectivity index (χ0) is 14.8. The second kappa shape index (κ2) is 9.35. The molecular formula is C18H26N2O. The lowest BCUT2D eigenvalue weighted by atomic mass is 10.2. The highest BCUT2D eigenvalue weighted by Gasteiger charge is 1.98. The van der Waals surface area contributed by atoms with E-state index >= 15 is 0 Å². The Bertz CT molecular complexity index is 527. The van der Waals surface area contributed by atoms with Crippen molar-refractivity contribution < 1.29 is 4.74 Å². The van der Waals surface area contributed by atoms with E-state index in [0.717, 1.165) is 42.8 Å². The molecule has 0 spiro atoms. The van der Waals surface area contributed by atoms with Crippen molar-refractivity contribution in [2.75, 3.05) is 19.7 Å². The van der Waals surface area contributed by atoms with Crippen LogP contribution in [0.2, 0.25) is 0 Å². The Morgan fingerprint density at radius 2 is 1.95 bits per heavy atom. The summed E-state index contributed by atoms with van der Waals surface area (Å²) in [5.41, 5.74) is 0.997. The normalized spacial score (nSPS) is 10.9. The summed E-state index contributed by atoms with van der Waals surface area (Å²) in [6.45, 7) is 5.28. The molecule has 1 aromatic heterocycles. The summed E-state index contributed by atoms with van der Waals surface area (Å²) in [5, 5.41) is 4.59. The molecule has 0 unspecified atom stereocenters. The Hall–Kier alpha value is -1.61. The van der Waals surface area contributed by atoms with E-state index < -0.39 is 0 Å². The first-order valence-corrected chi connectivity index (χ1v) is 8.08. The van der Waals surface area contributed by atoms with E-state index in [9.17, 15) is 0 Å². The molecule has 0 saturated carbocycles. The van der Waals surface area contributed by atoms with Gasteiger partial charge in [0.05, 0.1) is 12.1 Å². The van der Waals surface area contributed by atoms with Crippen molar-refractivity contribution in [3.63, 3.8) is 0 Å². The van der Waals surface area contributed by atoms with Crippen LogP contribution in [0.25, 0.3) is 10.9 Å². The lowest BCUT2D eigenvalue weighted by Crippen LogP contribution is -2.15. The van der Waals surface area contributed by atoms with Gasteiger partial charge in [0.2, 0.25) is 0 Å². The van der Waals surface area contributed by atoms with E-state index in [1.807, 2.05) is 24.4 Å². The van der Waals surface area contributed by atoms with Crippen LogP contribution in [0.15, 0.2) is 36.5 Å². The summed E-state index contributed by atoms with van der Waals surface area (Å²) in [4.78, 5) is 4.35. The SMILES string of the molecule is CCCNCCCCCCOc1ccc2cccnc2c1. The average Bonchev–Trinajstić information content (AvgIpc) is 2.53. The number of hydrogen-bond acceptors (Lipinski definition) is 3. The minimum Gasteiger partial charge on any atom is -0.494 e. The van der Waals surface area contributed by atoms with Gasteiger partial charge in [-0.2, -0.15) is 0 Å². The fraction of sp³-hybridized carbons (Fsp3) is 0.500. The molecule has 1 N–H and O–H groups in total. The maximum Gasteiger partial charge on any atom is 0.121 e. The number of aromatic nitrogens is 1. The van der Waals surface area contributed by atoms with E-state index in [4.69, 9.17) is 4.74 Å². The van der Waals surface area contributed by atoms with Crippen LogP contribution < -0.4 is 10.1 Å². The van der Waals surface area contributed by atoms with Gasteiger partial charge in [-0.05, 0) is 50.6 Å². The van der Waals surface area contributed by atoms with Gasteiger partial charge in [-0.25, -0.2) is 0 Å². The highest BCUT2D eigenvalue weighted by atomic mass is 16.5. The van der Waals surface area contributed by atoms with Gasteiger partial charge in [0, 0.05) is 17.6 Å². The number of pyridine rings is 1. The van der Waals surface area contributed by atoms with Crippen molar-refractivity contribution in [3.05, 3.63) is 36.5 Å². The topological polar surface area (TPSA) is 34.1 Å². The fourth-order valence-electron chi connectivity index (χ4n) is 2.33. The number of benzene rings is 1. The predicted octanol–water partition coefficient (Wildman–Crippen LogP) is 4.17. The summed E-state index contributed by atoms with van der Waals surface area (Å²) in [6, 6.07) is 10.1. The van der Waals surface area contributed by atoms with Gasteiger partial charge in [0.15, 0.2) is 0 Å². The molecule has 3 heteroatoms. The van der Waals surface area contributed by atoms with Crippen molar-refractivity contribution in [2.24, 2.45) is 0 Å². The van der Waals surface area contributed by atoms with Crippen LogP contribution in [0.5, 0.6) is 5.75 Å². The fourth-order valence-corrected chi connectivity index (χ4v) is 2.33.